The quantitative estimate of drug-likeness (QED) is 0.325. The smallest absolute Gasteiger partial charge is 0.310 e. The Morgan fingerprint density at radius 1 is 1.00 bits per heavy atom. The topological polar surface area (TPSA) is 52.6 Å². The highest BCUT2D eigenvalue weighted by atomic mass is 16.5. The number of allylic oxidation sites excluding steroid dienone is 2. The summed E-state index contributed by atoms with van der Waals surface area (Å²) in [5, 5.41) is 0. The molecule has 1 aliphatic carbocycles. The lowest BCUT2D eigenvalue weighted by Gasteiger charge is -2.41. The van der Waals surface area contributed by atoms with Gasteiger partial charge in [0.2, 0.25) is 0 Å². The molecule has 3 rings (SSSR count). The van der Waals surface area contributed by atoms with Crippen LogP contribution in [0.1, 0.15) is 101 Å². The Balaban J connectivity index is 2.02. The molecule has 0 N–H and O–H groups in total. The van der Waals surface area contributed by atoms with Crippen LogP contribution in [0.4, 0.5) is 0 Å². The number of Topliss-reactive ketones (excluding diaryl/α,β-unsaturated/α-hetero) is 1. The van der Waals surface area contributed by atoms with Crippen molar-refractivity contribution in [3.8, 4) is 0 Å². The number of ketones is 1. The zero-order valence-corrected chi connectivity index (χ0v) is 20.5. The molecule has 0 aromatic heterocycles. The van der Waals surface area contributed by atoms with Crippen molar-refractivity contribution in [3.05, 3.63) is 40.1 Å². The van der Waals surface area contributed by atoms with E-state index in [1.54, 1.807) is 0 Å². The Hall–Kier alpha value is -1.94. The first kappa shape index (κ1) is 24.7. The van der Waals surface area contributed by atoms with Crippen LogP contribution >= 0.6 is 0 Å². The van der Waals surface area contributed by atoms with Crippen molar-refractivity contribution >= 4 is 17.3 Å². The van der Waals surface area contributed by atoms with Gasteiger partial charge in [0, 0.05) is 32.5 Å². The third kappa shape index (κ3) is 5.70. The molecular formula is C28H40O4. The van der Waals surface area contributed by atoms with Crippen molar-refractivity contribution in [3.63, 3.8) is 0 Å². The molecular weight excluding hydrogens is 400 g/mol. The van der Waals surface area contributed by atoms with E-state index in [9.17, 15) is 9.59 Å². The molecule has 0 atom stereocenters. The molecule has 2 aliphatic rings. The first-order valence-corrected chi connectivity index (χ1v) is 12.6. The van der Waals surface area contributed by atoms with Gasteiger partial charge in [-0.05, 0) is 61.1 Å². The summed E-state index contributed by atoms with van der Waals surface area (Å²) in [6.07, 6.45) is 9.11. The molecule has 176 valence electrons. The average molecular weight is 441 g/mol. The number of benzene rings is 1. The van der Waals surface area contributed by atoms with Crippen LogP contribution in [0.15, 0.2) is 17.9 Å². The summed E-state index contributed by atoms with van der Waals surface area (Å²) in [5.74, 6) is 0.533. The van der Waals surface area contributed by atoms with Crippen LogP contribution in [0, 0.1) is 12.3 Å². The van der Waals surface area contributed by atoms with Crippen LogP contribution in [0.25, 0.3) is 5.57 Å². The molecule has 1 fully saturated rings. The summed E-state index contributed by atoms with van der Waals surface area (Å²) in [5.41, 5.74) is 5.09. The number of unbranched alkanes of at least 4 members (excludes halogenated alkanes) is 3. The van der Waals surface area contributed by atoms with E-state index in [0.29, 0.717) is 43.8 Å². The van der Waals surface area contributed by atoms with Gasteiger partial charge in [0.1, 0.15) is 5.76 Å². The minimum absolute atomic E-state index is 0.125. The summed E-state index contributed by atoms with van der Waals surface area (Å²) < 4.78 is 11.6. The van der Waals surface area contributed by atoms with Crippen LogP contribution in [0.2, 0.25) is 0 Å². The number of ether oxygens (including phenoxy) is 2. The summed E-state index contributed by atoms with van der Waals surface area (Å²) in [6.45, 7) is 9.87. The number of hydrogen-bond acceptors (Lipinski definition) is 4. The fraction of sp³-hybridized carbons (Fsp3) is 0.643. The molecule has 32 heavy (non-hydrogen) atoms. The maximum absolute atomic E-state index is 13.7. The van der Waals surface area contributed by atoms with E-state index in [-0.39, 0.29) is 17.2 Å². The first-order valence-electron chi connectivity index (χ1n) is 12.6. The first-order chi connectivity index (χ1) is 15.4. The van der Waals surface area contributed by atoms with Gasteiger partial charge >= 0.3 is 5.97 Å². The molecule has 1 spiro atoms. The summed E-state index contributed by atoms with van der Waals surface area (Å²) in [4.78, 5) is 26.5. The highest BCUT2D eigenvalue weighted by Gasteiger charge is 2.43. The van der Waals surface area contributed by atoms with Crippen LogP contribution < -0.4 is 0 Å². The molecule has 1 saturated heterocycles. The Bertz CT molecular complexity index is 833. The van der Waals surface area contributed by atoms with Crippen LogP contribution in [0.3, 0.4) is 0 Å². The van der Waals surface area contributed by atoms with Gasteiger partial charge in [-0.15, -0.1) is 0 Å². The minimum atomic E-state index is -0.200. The molecule has 0 bridgehead atoms. The van der Waals surface area contributed by atoms with Crippen molar-refractivity contribution in [2.24, 2.45) is 5.41 Å². The van der Waals surface area contributed by atoms with Gasteiger partial charge in [0.15, 0.2) is 5.78 Å². The summed E-state index contributed by atoms with van der Waals surface area (Å²) >= 11 is 0. The number of hydrogen-bond donors (Lipinski definition) is 0. The maximum Gasteiger partial charge on any atom is 0.310 e. The molecule has 4 heteroatoms. The zero-order valence-electron chi connectivity index (χ0n) is 20.5. The molecule has 1 heterocycles. The van der Waals surface area contributed by atoms with E-state index in [1.807, 2.05) is 0 Å². The van der Waals surface area contributed by atoms with Gasteiger partial charge in [-0.2, -0.15) is 0 Å². The third-order valence-corrected chi connectivity index (χ3v) is 7.11. The number of carbonyl (C=O) groups excluding carboxylic acids is 2. The van der Waals surface area contributed by atoms with E-state index >= 15 is 0 Å². The van der Waals surface area contributed by atoms with Crippen LogP contribution in [0.5, 0.6) is 0 Å². The number of rotatable bonds is 9. The van der Waals surface area contributed by atoms with E-state index in [2.05, 4.69) is 39.8 Å². The van der Waals surface area contributed by atoms with E-state index in [0.717, 1.165) is 56.9 Å². The maximum atomic E-state index is 13.7. The molecule has 0 saturated carbocycles. The normalized spacial score (nSPS) is 18.3. The highest BCUT2D eigenvalue weighted by Crippen LogP contribution is 2.48. The Kier molecular flexibility index (Phi) is 8.70. The Morgan fingerprint density at radius 2 is 1.66 bits per heavy atom. The molecule has 0 radical (unpaired) electrons. The molecule has 1 aromatic carbocycles. The molecule has 1 aromatic rings. The zero-order chi connectivity index (χ0) is 23.1. The van der Waals surface area contributed by atoms with Gasteiger partial charge < -0.3 is 9.47 Å². The predicted molar refractivity (Wildman–Crippen MR) is 128 cm³/mol. The molecule has 0 amide bonds. The fourth-order valence-corrected chi connectivity index (χ4v) is 5.31. The van der Waals surface area contributed by atoms with Crippen LogP contribution in [-0.4, -0.2) is 25.0 Å². The number of aryl methyl sites for hydroxylation is 3. The van der Waals surface area contributed by atoms with Gasteiger partial charge in [-0.25, -0.2) is 0 Å². The van der Waals surface area contributed by atoms with Gasteiger partial charge in [0.25, 0.3) is 0 Å². The molecule has 0 unspecified atom stereocenters. The van der Waals surface area contributed by atoms with Crippen molar-refractivity contribution in [1.82, 2.24) is 0 Å². The lowest BCUT2D eigenvalue weighted by Crippen LogP contribution is -2.37. The van der Waals surface area contributed by atoms with E-state index in [4.69, 9.17) is 9.47 Å². The van der Waals surface area contributed by atoms with E-state index < -0.39 is 0 Å². The molecule has 1 aliphatic heterocycles. The highest BCUT2D eigenvalue weighted by molar-refractivity contribution is 6.23. The van der Waals surface area contributed by atoms with Crippen molar-refractivity contribution in [1.29, 1.82) is 0 Å². The van der Waals surface area contributed by atoms with Gasteiger partial charge in [0.05, 0.1) is 5.57 Å². The van der Waals surface area contributed by atoms with E-state index in [1.165, 1.54) is 16.7 Å². The Labute approximate surface area is 193 Å². The Morgan fingerprint density at radius 3 is 2.25 bits per heavy atom. The standard InChI is InChI=1S/C28H40O4/c1-5-8-9-10-11-25(30)32-24-19-28(12-14-31-15-13-28)18-23(29)27(24)26-21(6-2)16-20(4)17-22(26)7-3/h16-17H,5-15,18-19H2,1-4H3. The monoisotopic (exact) mass is 440 g/mol. The van der Waals surface area contributed by atoms with Crippen molar-refractivity contribution in [2.45, 2.75) is 98.3 Å². The lowest BCUT2D eigenvalue weighted by atomic mass is 9.67. The lowest BCUT2D eigenvalue weighted by molar-refractivity contribution is -0.140. The second-order valence-electron chi connectivity index (χ2n) is 9.64. The average Bonchev–Trinajstić information content (AvgIpc) is 2.77. The van der Waals surface area contributed by atoms with Crippen molar-refractivity contribution < 1.29 is 19.1 Å². The SMILES string of the molecule is CCCCCCC(=O)OC1=C(c2c(CC)cc(C)cc2CC)C(=O)CC2(CCOCC2)C1. The fourth-order valence-electron chi connectivity index (χ4n) is 5.31. The third-order valence-electron chi connectivity index (χ3n) is 7.11. The summed E-state index contributed by atoms with van der Waals surface area (Å²) in [6, 6.07) is 4.36. The predicted octanol–water partition coefficient (Wildman–Crippen LogP) is 6.50. The molecule has 4 nitrogen and oxygen atoms in total. The number of carbonyl (C=O) groups is 2. The van der Waals surface area contributed by atoms with Gasteiger partial charge in [-0.3, -0.25) is 9.59 Å². The van der Waals surface area contributed by atoms with Gasteiger partial charge in [-0.1, -0.05) is 57.7 Å². The largest absolute Gasteiger partial charge is 0.430 e. The van der Waals surface area contributed by atoms with Crippen LogP contribution in [-0.2, 0) is 31.9 Å². The second kappa shape index (κ2) is 11.3. The second-order valence-corrected chi connectivity index (χ2v) is 9.64. The van der Waals surface area contributed by atoms with Crippen molar-refractivity contribution in [2.75, 3.05) is 13.2 Å². The number of esters is 1. The summed E-state index contributed by atoms with van der Waals surface area (Å²) in [7, 11) is 0. The minimum Gasteiger partial charge on any atom is -0.430 e.